The summed E-state index contributed by atoms with van der Waals surface area (Å²) in [6, 6.07) is 0. The molecular weight excluding hydrogens is 332 g/mol. The molecule has 0 aromatic heterocycles. The van der Waals surface area contributed by atoms with Crippen molar-refractivity contribution in [1.82, 2.24) is 10.2 Å². The number of esters is 1. The second-order valence-corrected chi connectivity index (χ2v) is 7.48. The van der Waals surface area contributed by atoms with Crippen molar-refractivity contribution in [2.45, 2.75) is 63.8 Å². The Kier molecular flexibility index (Phi) is 7.23. The maximum atomic E-state index is 12.8. The topological polar surface area (TPSA) is 75.7 Å². The van der Waals surface area contributed by atoms with E-state index in [1.807, 2.05) is 13.1 Å². The molecule has 0 saturated heterocycles. The van der Waals surface area contributed by atoms with Crippen molar-refractivity contribution in [2.24, 2.45) is 11.8 Å². The Bertz CT molecular complexity index is 542. The number of hydrogen-bond donors (Lipinski definition) is 1. The van der Waals surface area contributed by atoms with Gasteiger partial charge in [0.2, 0.25) is 11.8 Å². The molecule has 0 radical (unpaired) electrons. The summed E-state index contributed by atoms with van der Waals surface area (Å²) in [5.74, 6) is -1.11. The van der Waals surface area contributed by atoms with Crippen molar-refractivity contribution in [2.75, 3.05) is 20.2 Å². The number of amides is 2. The highest BCUT2D eigenvalue weighted by Gasteiger charge is 2.54. The Morgan fingerprint density at radius 3 is 2.54 bits per heavy atom. The van der Waals surface area contributed by atoms with E-state index in [9.17, 15) is 14.4 Å². The van der Waals surface area contributed by atoms with Gasteiger partial charge in [0.1, 0.15) is 5.54 Å². The average Bonchev–Trinajstić information content (AvgIpc) is 3.23. The molecule has 1 unspecified atom stereocenters. The first kappa shape index (κ1) is 20.5. The SMILES string of the molecule is C=CCCCCN(C)C(=O)[C@@H]1CCCC1C(=O)NC1(C(=O)OCC)CC1. The number of carbonyl (C=O) groups is 3. The normalized spacial score (nSPS) is 23.2. The van der Waals surface area contributed by atoms with Crippen LogP contribution in [0.1, 0.15) is 58.3 Å². The molecule has 6 heteroatoms. The van der Waals surface area contributed by atoms with Crippen LogP contribution in [-0.2, 0) is 19.1 Å². The Hall–Kier alpha value is -1.85. The molecule has 0 aromatic carbocycles. The van der Waals surface area contributed by atoms with Gasteiger partial charge in [-0.25, -0.2) is 4.79 Å². The first-order chi connectivity index (χ1) is 12.4. The van der Waals surface area contributed by atoms with Crippen molar-refractivity contribution in [3.63, 3.8) is 0 Å². The number of carbonyl (C=O) groups excluding carboxylic acids is 3. The van der Waals surface area contributed by atoms with Crippen LogP contribution in [0.2, 0.25) is 0 Å². The predicted octanol–water partition coefficient (Wildman–Crippen LogP) is 2.43. The van der Waals surface area contributed by atoms with E-state index >= 15 is 0 Å². The zero-order chi connectivity index (χ0) is 19.2. The molecule has 2 amide bonds. The molecule has 2 fully saturated rings. The zero-order valence-corrected chi connectivity index (χ0v) is 16.1. The summed E-state index contributed by atoms with van der Waals surface area (Å²) >= 11 is 0. The minimum atomic E-state index is -0.847. The zero-order valence-electron chi connectivity index (χ0n) is 16.1. The van der Waals surface area contributed by atoms with E-state index < -0.39 is 5.54 Å². The van der Waals surface area contributed by atoms with E-state index in [4.69, 9.17) is 4.74 Å². The Labute approximate surface area is 156 Å². The van der Waals surface area contributed by atoms with Gasteiger partial charge in [0.25, 0.3) is 0 Å². The lowest BCUT2D eigenvalue weighted by Crippen LogP contribution is -2.48. The third-order valence-electron chi connectivity index (χ3n) is 5.48. The lowest BCUT2D eigenvalue weighted by atomic mass is 9.93. The summed E-state index contributed by atoms with van der Waals surface area (Å²) in [5.41, 5.74) is -0.847. The standard InChI is InChI=1S/C20H32N2O4/c1-4-6-7-8-14-22(3)18(24)16-11-9-10-15(16)17(23)21-20(12-13-20)19(25)26-5-2/h4,15-16H,1,5-14H2,2-3H3,(H,21,23)/t15?,16-/m1/s1. The van der Waals surface area contributed by atoms with E-state index in [2.05, 4.69) is 11.9 Å². The van der Waals surface area contributed by atoms with Crippen LogP contribution in [0.15, 0.2) is 12.7 Å². The van der Waals surface area contributed by atoms with Gasteiger partial charge in [0, 0.05) is 25.4 Å². The maximum Gasteiger partial charge on any atom is 0.331 e. The number of rotatable bonds is 10. The Balaban J connectivity index is 1.90. The average molecular weight is 364 g/mol. The highest BCUT2D eigenvalue weighted by atomic mass is 16.5. The molecule has 1 N–H and O–H groups in total. The van der Waals surface area contributed by atoms with Crippen molar-refractivity contribution >= 4 is 17.8 Å². The second kappa shape index (κ2) is 9.19. The van der Waals surface area contributed by atoms with Gasteiger partial charge in [-0.3, -0.25) is 9.59 Å². The molecule has 2 atom stereocenters. The molecule has 0 aromatic rings. The van der Waals surface area contributed by atoms with E-state index in [1.165, 1.54) is 0 Å². The molecule has 2 aliphatic rings. The first-order valence-electron chi connectivity index (χ1n) is 9.80. The van der Waals surface area contributed by atoms with Gasteiger partial charge in [0.05, 0.1) is 6.61 Å². The van der Waals surface area contributed by atoms with Crippen LogP contribution < -0.4 is 5.32 Å². The molecule has 146 valence electrons. The summed E-state index contributed by atoms with van der Waals surface area (Å²) in [7, 11) is 1.81. The molecule has 2 aliphatic carbocycles. The molecule has 0 spiro atoms. The van der Waals surface area contributed by atoms with Gasteiger partial charge >= 0.3 is 5.97 Å². The third kappa shape index (κ3) is 4.86. The molecular formula is C20H32N2O4. The second-order valence-electron chi connectivity index (χ2n) is 7.48. The minimum absolute atomic E-state index is 0.0437. The highest BCUT2D eigenvalue weighted by Crippen LogP contribution is 2.39. The fourth-order valence-corrected chi connectivity index (χ4v) is 3.70. The van der Waals surface area contributed by atoms with Gasteiger partial charge in [-0.05, 0) is 51.9 Å². The fraction of sp³-hybridized carbons (Fsp3) is 0.750. The minimum Gasteiger partial charge on any atom is -0.464 e. The van der Waals surface area contributed by atoms with Gasteiger partial charge in [-0.2, -0.15) is 0 Å². The van der Waals surface area contributed by atoms with Crippen LogP contribution >= 0.6 is 0 Å². The van der Waals surface area contributed by atoms with E-state index in [0.29, 0.717) is 32.4 Å². The van der Waals surface area contributed by atoms with E-state index in [-0.39, 0.29) is 29.6 Å². The lowest BCUT2D eigenvalue weighted by molar-refractivity contribution is -0.149. The van der Waals surface area contributed by atoms with Crippen molar-refractivity contribution in [3.8, 4) is 0 Å². The summed E-state index contributed by atoms with van der Waals surface area (Å²) in [4.78, 5) is 39.3. The van der Waals surface area contributed by atoms with Gasteiger partial charge < -0.3 is 15.0 Å². The molecule has 6 nitrogen and oxygen atoms in total. The maximum absolute atomic E-state index is 12.8. The van der Waals surface area contributed by atoms with Crippen molar-refractivity contribution in [3.05, 3.63) is 12.7 Å². The highest BCUT2D eigenvalue weighted by molar-refractivity contribution is 5.94. The van der Waals surface area contributed by atoms with Gasteiger partial charge in [-0.1, -0.05) is 12.5 Å². The van der Waals surface area contributed by atoms with E-state index in [1.54, 1.807) is 11.8 Å². The monoisotopic (exact) mass is 364 g/mol. The summed E-state index contributed by atoms with van der Waals surface area (Å²) in [5, 5.41) is 2.88. The number of nitrogens with zero attached hydrogens (tertiary/aromatic N) is 1. The Morgan fingerprint density at radius 2 is 1.92 bits per heavy atom. The summed E-state index contributed by atoms with van der Waals surface area (Å²) < 4.78 is 5.07. The number of hydrogen-bond acceptors (Lipinski definition) is 4. The molecule has 0 bridgehead atoms. The molecule has 2 rings (SSSR count). The van der Waals surface area contributed by atoms with E-state index in [0.717, 1.165) is 32.1 Å². The quantitative estimate of drug-likeness (QED) is 0.367. The van der Waals surface area contributed by atoms with Gasteiger partial charge in [0.15, 0.2) is 0 Å². The van der Waals surface area contributed by atoms with Crippen molar-refractivity contribution in [1.29, 1.82) is 0 Å². The fourth-order valence-electron chi connectivity index (χ4n) is 3.70. The molecule has 26 heavy (non-hydrogen) atoms. The summed E-state index contributed by atoms with van der Waals surface area (Å²) in [6.07, 6.45) is 8.32. The van der Waals surface area contributed by atoms with Crippen LogP contribution in [-0.4, -0.2) is 48.4 Å². The molecule has 0 aliphatic heterocycles. The van der Waals surface area contributed by atoms with Crippen LogP contribution in [0.4, 0.5) is 0 Å². The van der Waals surface area contributed by atoms with Crippen LogP contribution in [0.5, 0.6) is 0 Å². The third-order valence-corrected chi connectivity index (χ3v) is 5.48. The van der Waals surface area contributed by atoms with Crippen LogP contribution in [0, 0.1) is 11.8 Å². The van der Waals surface area contributed by atoms with Crippen LogP contribution in [0.25, 0.3) is 0 Å². The number of nitrogens with one attached hydrogen (secondary N) is 1. The summed E-state index contributed by atoms with van der Waals surface area (Å²) in [6.45, 7) is 6.46. The number of ether oxygens (including phenoxy) is 1. The Morgan fingerprint density at radius 1 is 1.23 bits per heavy atom. The van der Waals surface area contributed by atoms with Gasteiger partial charge in [-0.15, -0.1) is 6.58 Å². The number of allylic oxidation sites excluding steroid dienone is 1. The van der Waals surface area contributed by atoms with Crippen molar-refractivity contribution < 1.29 is 19.1 Å². The largest absolute Gasteiger partial charge is 0.464 e. The predicted molar refractivity (Wildman–Crippen MR) is 99.3 cm³/mol. The molecule has 0 heterocycles. The first-order valence-corrected chi connectivity index (χ1v) is 9.80. The van der Waals surface area contributed by atoms with Crippen LogP contribution in [0.3, 0.4) is 0 Å². The lowest BCUT2D eigenvalue weighted by Gasteiger charge is -2.26. The number of unbranched alkanes of at least 4 members (excludes halogenated alkanes) is 2. The molecule has 2 saturated carbocycles. The smallest absolute Gasteiger partial charge is 0.331 e.